The minimum absolute atomic E-state index is 0.122. The fourth-order valence-corrected chi connectivity index (χ4v) is 2.91. The van der Waals surface area contributed by atoms with Crippen molar-refractivity contribution < 1.29 is 19.4 Å². The van der Waals surface area contributed by atoms with Crippen molar-refractivity contribution in [3.8, 4) is 11.5 Å². The number of hydrogen-bond acceptors (Lipinski definition) is 4. The van der Waals surface area contributed by atoms with E-state index in [1.165, 1.54) is 0 Å². The molecule has 1 aliphatic heterocycles. The number of carbonyl (C=O) groups excluding carboxylic acids is 1. The van der Waals surface area contributed by atoms with Crippen LogP contribution in [0.3, 0.4) is 0 Å². The summed E-state index contributed by atoms with van der Waals surface area (Å²) in [6.07, 6.45) is 2.94. The second-order valence-electron chi connectivity index (χ2n) is 5.96. The van der Waals surface area contributed by atoms with Gasteiger partial charge in [0.05, 0.1) is 12.1 Å². The third-order valence-electron chi connectivity index (χ3n) is 4.28. The summed E-state index contributed by atoms with van der Waals surface area (Å²) in [5, 5.41) is 15.4. The van der Waals surface area contributed by atoms with Crippen LogP contribution in [0.4, 0.5) is 4.79 Å². The maximum atomic E-state index is 12.1. The first-order chi connectivity index (χ1) is 10.6. The van der Waals surface area contributed by atoms with Crippen LogP contribution in [0.15, 0.2) is 18.2 Å². The Labute approximate surface area is 129 Å². The van der Waals surface area contributed by atoms with Crippen molar-refractivity contribution in [3.63, 3.8) is 0 Å². The molecule has 6 nitrogen and oxygen atoms in total. The van der Waals surface area contributed by atoms with Crippen molar-refractivity contribution in [1.29, 1.82) is 0 Å². The average Bonchev–Trinajstić information content (AvgIpc) is 2.97. The van der Waals surface area contributed by atoms with Crippen molar-refractivity contribution in [2.75, 3.05) is 6.79 Å². The lowest BCUT2D eigenvalue weighted by Crippen LogP contribution is -2.44. The quantitative estimate of drug-likeness (QED) is 0.799. The topological polar surface area (TPSA) is 79.8 Å². The van der Waals surface area contributed by atoms with Gasteiger partial charge in [-0.1, -0.05) is 6.07 Å². The molecule has 1 aliphatic carbocycles. The van der Waals surface area contributed by atoms with Crippen molar-refractivity contribution in [1.82, 2.24) is 10.6 Å². The number of fused-ring (bicyclic) bond motifs is 1. The fraction of sp³-hybridized carbons (Fsp3) is 0.562. The van der Waals surface area contributed by atoms with E-state index in [-0.39, 0.29) is 31.0 Å². The molecule has 0 saturated heterocycles. The SMILES string of the molecule is CC(NC(=O)NC1CCC(O)CC1)c1ccc2c(c1)OCO2. The van der Waals surface area contributed by atoms with Crippen molar-refractivity contribution in [3.05, 3.63) is 23.8 Å². The molecule has 3 rings (SSSR count). The van der Waals surface area contributed by atoms with Gasteiger partial charge >= 0.3 is 6.03 Å². The van der Waals surface area contributed by atoms with Gasteiger partial charge in [-0.15, -0.1) is 0 Å². The van der Waals surface area contributed by atoms with E-state index in [1.54, 1.807) is 0 Å². The molecule has 22 heavy (non-hydrogen) atoms. The van der Waals surface area contributed by atoms with Crippen molar-refractivity contribution in [2.24, 2.45) is 0 Å². The van der Waals surface area contributed by atoms with E-state index in [1.807, 2.05) is 25.1 Å². The zero-order chi connectivity index (χ0) is 15.5. The van der Waals surface area contributed by atoms with E-state index < -0.39 is 0 Å². The maximum Gasteiger partial charge on any atom is 0.315 e. The van der Waals surface area contributed by atoms with Gasteiger partial charge in [0, 0.05) is 6.04 Å². The van der Waals surface area contributed by atoms with Crippen LogP contribution in [-0.2, 0) is 0 Å². The minimum atomic E-state index is -0.214. The highest BCUT2D eigenvalue weighted by atomic mass is 16.7. The molecule has 0 spiro atoms. The molecular formula is C16H22N2O4. The van der Waals surface area contributed by atoms with Crippen LogP contribution in [0.5, 0.6) is 11.5 Å². The molecular weight excluding hydrogens is 284 g/mol. The van der Waals surface area contributed by atoms with Crippen LogP contribution in [0.2, 0.25) is 0 Å². The Balaban J connectivity index is 1.52. The summed E-state index contributed by atoms with van der Waals surface area (Å²) in [7, 11) is 0. The van der Waals surface area contributed by atoms with Crippen molar-refractivity contribution >= 4 is 6.03 Å². The summed E-state index contributed by atoms with van der Waals surface area (Å²) >= 11 is 0. The van der Waals surface area contributed by atoms with Gasteiger partial charge in [-0.3, -0.25) is 0 Å². The summed E-state index contributed by atoms with van der Waals surface area (Å²) < 4.78 is 10.6. The molecule has 1 heterocycles. The number of carbonyl (C=O) groups is 1. The zero-order valence-corrected chi connectivity index (χ0v) is 12.7. The third kappa shape index (κ3) is 3.44. The van der Waals surface area contributed by atoms with Crippen molar-refractivity contribution in [2.45, 2.75) is 50.8 Å². The number of amides is 2. The lowest BCUT2D eigenvalue weighted by Gasteiger charge is -2.27. The molecule has 1 fully saturated rings. The molecule has 1 aromatic carbocycles. The summed E-state index contributed by atoms with van der Waals surface area (Å²) in [6.45, 7) is 2.18. The van der Waals surface area contributed by atoms with E-state index >= 15 is 0 Å². The van der Waals surface area contributed by atoms with Gasteiger partial charge in [-0.05, 0) is 50.3 Å². The smallest absolute Gasteiger partial charge is 0.315 e. The molecule has 2 aliphatic rings. The largest absolute Gasteiger partial charge is 0.454 e. The Morgan fingerprint density at radius 2 is 1.95 bits per heavy atom. The number of nitrogens with one attached hydrogen (secondary N) is 2. The van der Waals surface area contributed by atoms with Gasteiger partial charge in [0.25, 0.3) is 0 Å². The van der Waals surface area contributed by atoms with Gasteiger partial charge in [0.2, 0.25) is 6.79 Å². The lowest BCUT2D eigenvalue weighted by molar-refractivity contribution is 0.117. The summed E-state index contributed by atoms with van der Waals surface area (Å²) in [5.41, 5.74) is 0.971. The average molecular weight is 306 g/mol. The lowest BCUT2D eigenvalue weighted by atomic mass is 9.93. The monoisotopic (exact) mass is 306 g/mol. The van der Waals surface area contributed by atoms with Gasteiger partial charge in [-0.25, -0.2) is 4.79 Å². The molecule has 2 amide bonds. The number of ether oxygens (including phenoxy) is 2. The Morgan fingerprint density at radius 3 is 2.73 bits per heavy atom. The zero-order valence-electron chi connectivity index (χ0n) is 12.7. The van der Waals surface area contributed by atoms with E-state index in [9.17, 15) is 9.90 Å². The van der Waals surface area contributed by atoms with Crippen LogP contribution in [0, 0.1) is 0 Å². The Morgan fingerprint density at radius 1 is 1.23 bits per heavy atom. The summed E-state index contributed by atoms with van der Waals surface area (Å²) in [4.78, 5) is 12.1. The van der Waals surface area contributed by atoms with Crippen LogP contribution >= 0.6 is 0 Å². The van der Waals surface area contributed by atoms with E-state index in [0.717, 1.165) is 37.0 Å². The van der Waals surface area contributed by atoms with Crippen LogP contribution in [-0.4, -0.2) is 30.1 Å². The van der Waals surface area contributed by atoms with Crippen LogP contribution in [0.1, 0.15) is 44.2 Å². The number of hydrogen-bond donors (Lipinski definition) is 3. The Bertz CT molecular complexity index is 541. The van der Waals surface area contributed by atoms with E-state index in [2.05, 4.69) is 10.6 Å². The molecule has 3 N–H and O–H groups in total. The number of rotatable bonds is 3. The fourth-order valence-electron chi connectivity index (χ4n) is 2.91. The molecule has 1 saturated carbocycles. The third-order valence-corrected chi connectivity index (χ3v) is 4.28. The standard InChI is InChI=1S/C16H22N2O4/c1-10(11-2-7-14-15(8-11)22-9-21-14)17-16(20)18-12-3-5-13(19)6-4-12/h2,7-8,10,12-13,19H,3-6,9H2,1H3,(H2,17,18,20). The Hall–Kier alpha value is -1.95. The second kappa shape index (κ2) is 6.44. The molecule has 0 bridgehead atoms. The van der Waals surface area contributed by atoms with Gasteiger partial charge in [-0.2, -0.15) is 0 Å². The number of aliphatic hydroxyl groups is 1. The summed E-state index contributed by atoms with van der Waals surface area (Å²) in [6, 6.07) is 5.53. The number of aliphatic hydroxyl groups excluding tert-OH is 1. The Kier molecular flexibility index (Phi) is 4.38. The predicted octanol–water partition coefficient (Wildman–Crippen LogP) is 2.08. The summed E-state index contributed by atoms with van der Waals surface area (Å²) in [5.74, 6) is 1.45. The van der Waals surface area contributed by atoms with Crippen LogP contribution in [0.25, 0.3) is 0 Å². The van der Waals surface area contributed by atoms with E-state index in [4.69, 9.17) is 9.47 Å². The number of urea groups is 1. The highest BCUT2D eigenvalue weighted by molar-refractivity contribution is 5.74. The first-order valence-electron chi connectivity index (χ1n) is 7.76. The highest BCUT2D eigenvalue weighted by Crippen LogP contribution is 2.34. The predicted molar refractivity (Wildman–Crippen MR) is 80.9 cm³/mol. The number of benzene rings is 1. The van der Waals surface area contributed by atoms with Crippen LogP contribution < -0.4 is 20.1 Å². The molecule has 120 valence electrons. The van der Waals surface area contributed by atoms with E-state index in [0.29, 0.717) is 5.75 Å². The molecule has 6 heteroatoms. The molecule has 0 aromatic heterocycles. The molecule has 0 radical (unpaired) electrons. The first kappa shape index (κ1) is 15.0. The van der Waals surface area contributed by atoms with Gasteiger partial charge < -0.3 is 25.2 Å². The molecule has 1 unspecified atom stereocenters. The first-order valence-corrected chi connectivity index (χ1v) is 7.76. The molecule has 1 aromatic rings. The highest BCUT2D eigenvalue weighted by Gasteiger charge is 2.22. The van der Waals surface area contributed by atoms with Gasteiger partial charge in [0.15, 0.2) is 11.5 Å². The minimum Gasteiger partial charge on any atom is -0.454 e. The maximum absolute atomic E-state index is 12.1. The second-order valence-corrected chi connectivity index (χ2v) is 5.96. The molecule has 1 atom stereocenters. The van der Waals surface area contributed by atoms with Gasteiger partial charge in [0.1, 0.15) is 0 Å². The normalized spacial score (nSPS) is 24.6.